The number of rotatable bonds is 3. The van der Waals surface area contributed by atoms with Gasteiger partial charge in [0.25, 0.3) is 5.91 Å². The minimum atomic E-state index is -0.239. The van der Waals surface area contributed by atoms with Gasteiger partial charge in [0, 0.05) is 42.7 Å². The Bertz CT molecular complexity index is 835. The third-order valence-corrected chi connectivity index (χ3v) is 5.82. The Morgan fingerprint density at radius 3 is 2.25 bits per heavy atom. The number of nitrogens with zero attached hydrogens (tertiary/aromatic N) is 2. The van der Waals surface area contributed by atoms with Gasteiger partial charge in [0.05, 0.1) is 19.1 Å². The maximum absolute atomic E-state index is 13.2. The summed E-state index contributed by atoms with van der Waals surface area (Å²) in [7, 11) is 0. The van der Waals surface area contributed by atoms with Crippen LogP contribution in [0.4, 0.5) is 0 Å². The number of halogens is 1. The minimum Gasteiger partial charge on any atom is -0.378 e. The molecule has 0 radical (unpaired) electrons. The molecule has 2 heterocycles. The Morgan fingerprint density at radius 2 is 1.57 bits per heavy atom. The molecule has 2 saturated heterocycles. The molecule has 2 fully saturated rings. The van der Waals surface area contributed by atoms with Crippen molar-refractivity contribution in [1.29, 1.82) is 0 Å². The third-order valence-electron chi connectivity index (χ3n) is 5.57. The van der Waals surface area contributed by atoms with E-state index in [9.17, 15) is 9.59 Å². The summed E-state index contributed by atoms with van der Waals surface area (Å²) in [6.07, 6.45) is 0. The Kier molecular flexibility index (Phi) is 5.64. The van der Waals surface area contributed by atoms with E-state index in [2.05, 4.69) is 0 Å². The molecule has 0 N–H and O–H groups in total. The summed E-state index contributed by atoms with van der Waals surface area (Å²) in [5.41, 5.74) is 1.69. The second-order valence-electron chi connectivity index (χ2n) is 7.28. The van der Waals surface area contributed by atoms with Crippen molar-refractivity contribution < 1.29 is 14.3 Å². The number of carbonyl (C=O) groups excluding carboxylic acids is 2. The highest BCUT2D eigenvalue weighted by Gasteiger charge is 2.42. The molecule has 0 saturated carbocycles. The maximum atomic E-state index is 13.2. The van der Waals surface area contributed by atoms with E-state index in [4.69, 9.17) is 16.3 Å². The molecule has 6 heteroatoms. The van der Waals surface area contributed by atoms with Crippen molar-refractivity contribution in [3.05, 3.63) is 70.7 Å². The summed E-state index contributed by atoms with van der Waals surface area (Å²) >= 11 is 5.94. The van der Waals surface area contributed by atoms with Crippen LogP contribution in [0, 0.1) is 5.92 Å². The molecule has 2 aliphatic heterocycles. The van der Waals surface area contributed by atoms with Crippen LogP contribution in [0.25, 0.3) is 0 Å². The molecule has 2 aromatic rings. The van der Waals surface area contributed by atoms with Crippen LogP contribution in [-0.2, 0) is 9.53 Å². The molecule has 146 valence electrons. The number of amides is 2. The first-order valence-corrected chi connectivity index (χ1v) is 9.97. The van der Waals surface area contributed by atoms with Crippen LogP contribution in [0.1, 0.15) is 21.8 Å². The Morgan fingerprint density at radius 1 is 0.893 bits per heavy atom. The fourth-order valence-corrected chi connectivity index (χ4v) is 4.18. The summed E-state index contributed by atoms with van der Waals surface area (Å²) in [5.74, 6) is -0.192. The number of morpholine rings is 1. The molecule has 4 rings (SSSR count). The summed E-state index contributed by atoms with van der Waals surface area (Å²) in [6.45, 7) is 3.33. The van der Waals surface area contributed by atoms with E-state index in [0.29, 0.717) is 50.0 Å². The Balaban J connectivity index is 1.58. The molecule has 0 aromatic heterocycles. The van der Waals surface area contributed by atoms with Crippen LogP contribution in [0.15, 0.2) is 54.6 Å². The van der Waals surface area contributed by atoms with E-state index in [1.165, 1.54) is 0 Å². The van der Waals surface area contributed by atoms with Gasteiger partial charge < -0.3 is 14.5 Å². The van der Waals surface area contributed by atoms with Gasteiger partial charge in [0.1, 0.15) is 0 Å². The lowest BCUT2D eigenvalue weighted by Crippen LogP contribution is -2.45. The summed E-state index contributed by atoms with van der Waals surface area (Å²) in [5, 5.41) is 0.598. The monoisotopic (exact) mass is 398 g/mol. The second-order valence-corrected chi connectivity index (χ2v) is 7.71. The molecule has 2 atom stereocenters. The first-order valence-electron chi connectivity index (χ1n) is 9.60. The average Bonchev–Trinajstić information content (AvgIpc) is 3.20. The van der Waals surface area contributed by atoms with E-state index in [-0.39, 0.29) is 23.7 Å². The smallest absolute Gasteiger partial charge is 0.253 e. The van der Waals surface area contributed by atoms with Gasteiger partial charge in [-0.05, 0) is 29.8 Å². The van der Waals surface area contributed by atoms with Gasteiger partial charge in [-0.2, -0.15) is 0 Å². The maximum Gasteiger partial charge on any atom is 0.253 e. The molecule has 0 spiro atoms. The number of hydrogen-bond donors (Lipinski definition) is 0. The van der Waals surface area contributed by atoms with Crippen LogP contribution in [-0.4, -0.2) is 61.0 Å². The summed E-state index contributed by atoms with van der Waals surface area (Å²) < 4.78 is 5.38. The van der Waals surface area contributed by atoms with Gasteiger partial charge in [0.15, 0.2) is 0 Å². The van der Waals surface area contributed by atoms with Crippen molar-refractivity contribution in [2.24, 2.45) is 5.92 Å². The van der Waals surface area contributed by atoms with Crippen LogP contribution in [0.3, 0.4) is 0 Å². The van der Waals surface area contributed by atoms with E-state index < -0.39 is 0 Å². The van der Waals surface area contributed by atoms with E-state index in [0.717, 1.165) is 5.56 Å². The molecular formula is C22H23ClN2O3. The SMILES string of the molecule is O=C(c1ccc(Cl)cc1)N1C[C@H](c2ccccc2)[C@H](C(=O)N2CCOCC2)C1. The zero-order chi connectivity index (χ0) is 19.5. The molecular weight excluding hydrogens is 376 g/mol. The normalized spacial score (nSPS) is 22.3. The lowest BCUT2D eigenvalue weighted by molar-refractivity contribution is -0.139. The van der Waals surface area contributed by atoms with Crippen LogP contribution in [0.2, 0.25) is 5.02 Å². The highest BCUT2D eigenvalue weighted by atomic mass is 35.5. The molecule has 2 aromatic carbocycles. The quantitative estimate of drug-likeness (QED) is 0.798. The van der Waals surface area contributed by atoms with Crippen molar-refractivity contribution in [3.63, 3.8) is 0 Å². The minimum absolute atomic E-state index is 0.00667. The fourth-order valence-electron chi connectivity index (χ4n) is 4.05. The standard InChI is InChI=1S/C22H23ClN2O3/c23-18-8-6-17(7-9-18)21(26)25-14-19(16-4-2-1-3-5-16)20(15-25)22(27)24-10-12-28-13-11-24/h1-9,19-20H,10-15H2/t19-,20-/m1/s1. The molecule has 2 amide bonds. The first kappa shape index (κ1) is 19.0. The predicted molar refractivity (Wildman–Crippen MR) is 107 cm³/mol. The van der Waals surface area contributed by atoms with Crippen molar-refractivity contribution in [2.45, 2.75) is 5.92 Å². The molecule has 0 unspecified atom stereocenters. The molecule has 2 aliphatic rings. The number of ether oxygens (including phenoxy) is 1. The van der Waals surface area contributed by atoms with E-state index in [1.54, 1.807) is 29.2 Å². The molecule has 5 nitrogen and oxygen atoms in total. The fraction of sp³-hybridized carbons (Fsp3) is 0.364. The molecule has 0 aliphatic carbocycles. The zero-order valence-electron chi connectivity index (χ0n) is 15.6. The van der Waals surface area contributed by atoms with Crippen molar-refractivity contribution in [3.8, 4) is 0 Å². The number of likely N-dealkylation sites (tertiary alicyclic amines) is 1. The third kappa shape index (κ3) is 3.91. The van der Waals surface area contributed by atoms with Crippen LogP contribution >= 0.6 is 11.6 Å². The second kappa shape index (κ2) is 8.33. The molecule has 0 bridgehead atoms. The lowest BCUT2D eigenvalue weighted by atomic mass is 9.88. The van der Waals surface area contributed by atoms with Gasteiger partial charge in [-0.1, -0.05) is 41.9 Å². The highest BCUT2D eigenvalue weighted by Crippen LogP contribution is 2.35. The van der Waals surface area contributed by atoms with Crippen molar-refractivity contribution in [1.82, 2.24) is 9.80 Å². The largest absolute Gasteiger partial charge is 0.378 e. The Hall–Kier alpha value is -2.37. The predicted octanol–water partition coefficient (Wildman–Crippen LogP) is 3.05. The average molecular weight is 399 g/mol. The highest BCUT2D eigenvalue weighted by molar-refractivity contribution is 6.30. The first-order chi connectivity index (χ1) is 13.6. The van der Waals surface area contributed by atoms with Crippen molar-refractivity contribution >= 4 is 23.4 Å². The van der Waals surface area contributed by atoms with Crippen LogP contribution in [0.5, 0.6) is 0 Å². The van der Waals surface area contributed by atoms with Crippen LogP contribution < -0.4 is 0 Å². The van der Waals surface area contributed by atoms with Gasteiger partial charge in [-0.3, -0.25) is 9.59 Å². The van der Waals surface area contributed by atoms with E-state index in [1.807, 2.05) is 35.2 Å². The zero-order valence-corrected chi connectivity index (χ0v) is 16.3. The number of benzene rings is 2. The number of hydrogen-bond acceptors (Lipinski definition) is 3. The summed E-state index contributed by atoms with van der Waals surface area (Å²) in [4.78, 5) is 29.9. The van der Waals surface area contributed by atoms with Gasteiger partial charge in [-0.25, -0.2) is 0 Å². The van der Waals surface area contributed by atoms with Crippen molar-refractivity contribution in [2.75, 3.05) is 39.4 Å². The summed E-state index contributed by atoms with van der Waals surface area (Å²) in [6, 6.07) is 16.9. The van der Waals surface area contributed by atoms with Gasteiger partial charge in [0.2, 0.25) is 5.91 Å². The van der Waals surface area contributed by atoms with Gasteiger partial charge in [-0.15, -0.1) is 0 Å². The van der Waals surface area contributed by atoms with Gasteiger partial charge >= 0.3 is 0 Å². The topological polar surface area (TPSA) is 49.9 Å². The number of carbonyl (C=O) groups is 2. The Labute approximate surface area is 169 Å². The lowest BCUT2D eigenvalue weighted by Gasteiger charge is -2.30. The molecule has 28 heavy (non-hydrogen) atoms. The van der Waals surface area contributed by atoms with E-state index >= 15 is 0 Å².